The second kappa shape index (κ2) is 9.52. The first-order chi connectivity index (χ1) is 12.4. The third-order valence-electron chi connectivity index (χ3n) is 5.64. The van der Waals surface area contributed by atoms with Crippen molar-refractivity contribution in [2.45, 2.75) is 83.8 Å². The number of carboxylic acids is 1. The fraction of sp³-hybridized carbons (Fsp3) is 0.682. The fourth-order valence-electron chi connectivity index (χ4n) is 4.06. The number of hydrogen-bond donors (Lipinski definition) is 2. The van der Waals surface area contributed by atoms with Crippen molar-refractivity contribution >= 4 is 5.97 Å². The summed E-state index contributed by atoms with van der Waals surface area (Å²) in [6.45, 7) is 8.61. The number of fused-ring (bicyclic) bond motifs is 1. The van der Waals surface area contributed by atoms with Gasteiger partial charge in [-0.05, 0) is 42.7 Å². The van der Waals surface area contributed by atoms with E-state index in [1.54, 1.807) is 0 Å². The zero-order valence-electron chi connectivity index (χ0n) is 16.7. The van der Waals surface area contributed by atoms with Gasteiger partial charge in [0.1, 0.15) is 5.54 Å². The first-order valence-electron chi connectivity index (χ1n) is 10.2. The zero-order valence-corrected chi connectivity index (χ0v) is 16.7. The van der Waals surface area contributed by atoms with E-state index in [-0.39, 0.29) is 0 Å². The first kappa shape index (κ1) is 20.9. The summed E-state index contributed by atoms with van der Waals surface area (Å²) in [6, 6.07) is 9.01. The Bertz CT molecular complexity index is 587. The summed E-state index contributed by atoms with van der Waals surface area (Å²) < 4.78 is 0. The molecule has 2 unspecified atom stereocenters. The number of unbranched alkanes of at least 4 members (excludes halogenated alkanes) is 2. The Kier molecular flexibility index (Phi) is 7.66. The summed E-state index contributed by atoms with van der Waals surface area (Å²) in [5, 5.41) is 9.69. The molecule has 1 aliphatic heterocycles. The average Bonchev–Trinajstić information content (AvgIpc) is 2.59. The SMILES string of the molecule is CCCCCC(N)(CCC1Cc2ccccc2CN1CC(C)C)C(=O)O. The molecule has 2 rings (SSSR count). The largest absolute Gasteiger partial charge is 0.480 e. The Morgan fingerprint density at radius 2 is 1.96 bits per heavy atom. The highest BCUT2D eigenvalue weighted by molar-refractivity contribution is 5.78. The summed E-state index contributed by atoms with van der Waals surface area (Å²) in [6.07, 6.45) is 5.98. The van der Waals surface area contributed by atoms with Gasteiger partial charge in [0.05, 0.1) is 0 Å². The van der Waals surface area contributed by atoms with Crippen molar-refractivity contribution in [2.24, 2.45) is 11.7 Å². The van der Waals surface area contributed by atoms with Gasteiger partial charge in [-0.1, -0.05) is 64.3 Å². The number of nitrogens with two attached hydrogens (primary N) is 1. The van der Waals surface area contributed by atoms with Crippen LogP contribution in [0.3, 0.4) is 0 Å². The van der Waals surface area contributed by atoms with Gasteiger partial charge in [0.15, 0.2) is 0 Å². The van der Waals surface area contributed by atoms with Crippen molar-refractivity contribution in [1.82, 2.24) is 4.90 Å². The molecule has 0 spiro atoms. The number of rotatable bonds is 10. The van der Waals surface area contributed by atoms with Crippen LogP contribution in [0.5, 0.6) is 0 Å². The molecule has 4 nitrogen and oxygen atoms in total. The minimum atomic E-state index is -1.09. The topological polar surface area (TPSA) is 66.6 Å². The van der Waals surface area contributed by atoms with Gasteiger partial charge in [-0.3, -0.25) is 9.69 Å². The lowest BCUT2D eigenvalue weighted by Gasteiger charge is -2.39. The Morgan fingerprint density at radius 1 is 1.27 bits per heavy atom. The number of carboxylic acid groups (broad SMARTS) is 1. The van der Waals surface area contributed by atoms with Crippen LogP contribution in [0.15, 0.2) is 24.3 Å². The van der Waals surface area contributed by atoms with Gasteiger partial charge in [-0.2, -0.15) is 0 Å². The summed E-state index contributed by atoms with van der Waals surface area (Å²) in [5.74, 6) is -0.255. The molecule has 3 N–H and O–H groups in total. The lowest BCUT2D eigenvalue weighted by molar-refractivity contribution is -0.144. The lowest BCUT2D eigenvalue weighted by Crippen LogP contribution is -2.50. The van der Waals surface area contributed by atoms with Crippen molar-refractivity contribution in [3.8, 4) is 0 Å². The van der Waals surface area contributed by atoms with Gasteiger partial charge in [-0.25, -0.2) is 0 Å². The molecule has 0 aromatic heterocycles. The molecule has 0 fully saturated rings. The molecular formula is C22H36N2O2. The molecule has 1 aromatic carbocycles. The van der Waals surface area contributed by atoms with E-state index in [9.17, 15) is 9.90 Å². The molecule has 0 radical (unpaired) electrons. The molecule has 1 heterocycles. The molecule has 0 aliphatic carbocycles. The average molecular weight is 361 g/mol. The molecule has 0 saturated carbocycles. The van der Waals surface area contributed by atoms with Crippen LogP contribution >= 0.6 is 0 Å². The minimum absolute atomic E-state index is 0.376. The highest BCUT2D eigenvalue weighted by Crippen LogP contribution is 2.29. The minimum Gasteiger partial charge on any atom is -0.480 e. The molecule has 146 valence electrons. The third-order valence-corrected chi connectivity index (χ3v) is 5.64. The number of hydrogen-bond acceptors (Lipinski definition) is 3. The smallest absolute Gasteiger partial charge is 0.323 e. The zero-order chi connectivity index (χ0) is 19.2. The number of carbonyl (C=O) groups is 1. The highest BCUT2D eigenvalue weighted by Gasteiger charge is 2.35. The lowest BCUT2D eigenvalue weighted by atomic mass is 9.84. The number of aliphatic carboxylic acids is 1. The van der Waals surface area contributed by atoms with Crippen molar-refractivity contribution in [1.29, 1.82) is 0 Å². The van der Waals surface area contributed by atoms with E-state index in [0.29, 0.717) is 24.8 Å². The van der Waals surface area contributed by atoms with Crippen LogP contribution in [-0.2, 0) is 17.8 Å². The molecule has 0 amide bonds. The Hall–Kier alpha value is -1.39. The van der Waals surface area contributed by atoms with Crippen LogP contribution in [-0.4, -0.2) is 34.1 Å². The predicted octanol–water partition coefficient (Wildman–Crippen LogP) is 4.21. The van der Waals surface area contributed by atoms with Gasteiger partial charge < -0.3 is 10.8 Å². The van der Waals surface area contributed by atoms with Crippen LogP contribution in [0, 0.1) is 5.92 Å². The summed E-state index contributed by atoms with van der Waals surface area (Å²) >= 11 is 0. The van der Waals surface area contributed by atoms with Crippen molar-refractivity contribution in [3.05, 3.63) is 35.4 Å². The maximum atomic E-state index is 11.8. The Labute approximate surface area is 158 Å². The van der Waals surface area contributed by atoms with Crippen molar-refractivity contribution in [3.63, 3.8) is 0 Å². The van der Waals surface area contributed by atoms with Crippen LogP contribution in [0.2, 0.25) is 0 Å². The quantitative estimate of drug-likeness (QED) is 0.613. The van der Waals surface area contributed by atoms with E-state index >= 15 is 0 Å². The van der Waals surface area contributed by atoms with E-state index in [0.717, 1.165) is 45.2 Å². The van der Waals surface area contributed by atoms with E-state index in [4.69, 9.17) is 5.73 Å². The normalized spacial score (nSPS) is 20.0. The molecule has 1 aliphatic rings. The molecule has 0 bridgehead atoms. The second-order valence-electron chi connectivity index (χ2n) is 8.41. The van der Waals surface area contributed by atoms with E-state index in [1.807, 2.05) is 0 Å². The van der Waals surface area contributed by atoms with E-state index in [1.165, 1.54) is 11.1 Å². The standard InChI is InChI=1S/C22H36N2O2/c1-4-5-8-12-22(23,21(25)26)13-11-20-14-18-9-6-7-10-19(18)16-24(20)15-17(2)3/h6-7,9-10,17,20H,4-5,8,11-16,23H2,1-3H3,(H,25,26). The van der Waals surface area contributed by atoms with Gasteiger partial charge >= 0.3 is 5.97 Å². The van der Waals surface area contributed by atoms with Gasteiger partial charge in [0, 0.05) is 19.1 Å². The molecule has 4 heteroatoms. The fourth-order valence-corrected chi connectivity index (χ4v) is 4.06. The maximum Gasteiger partial charge on any atom is 0.323 e. The van der Waals surface area contributed by atoms with Gasteiger partial charge in [-0.15, -0.1) is 0 Å². The molecule has 1 aromatic rings. The summed E-state index contributed by atoms with van der Waals surface area (Å²) in [5.41, 5.74) is 8.05. The molecule has 0 saturated heterocycles. The van der Waals surface area contributed by atoms with Gasteiger partial charge in [0.2, 0.25) is 0 Å². The van der Waals surface area contributed by atoms with Gasteiger partial charge in [0.25, 0.3) is 0 Å². The van der Waals surface area contributed by atoms with Crippen molar-refractivity contribution in [2.75, 3.05) is 6.54 Å². The maximum absolute atomic E-state index is 11.8. The molecular weight excluding hydrogens is 324 g/mol. The Balaban J connectivity index is 2.07. The van der Waals surface area contributed by atoms with Crippen LogP contribution in [0.25, 0.3) is 0 Å². The second-order valence-corrected chi connectivity index (χ2v) is 8.41. The predicted molar refractivity (Wildman–Crippen MR) is 107 cm³/mol. The van der Waals surface area contributed by atoms with Crippen LogP contribution in [0.1, 0.15) is 70.4 Å². The highest BCUT2D eigenvalue weighted by atomic mass is 16.4. The molecule has 2 atom stereocenters. The number of benzene rings is 1. The van der Waals surface area contributed by atoms with Crippen LogP contribution < -0.4 is 5.73 Å². The monoisotopic (exact) mass is 360 g/mol. The summed E-state index contributed by atoms with van der Waals surface area (Å²) in [4.78, 5) is 14.3. The van der Waals surface area contributed by atoms with E-state index < -0.39 is 11.5 Å². The molecule has 26 heavy (non-hydrogen) atoms. The van der Waals surface area contributed by atoms with E-state index in [2.05, 4.69) is 49.9 Å². The number of nitrogens with zero attached hydrogens (tertiary/aromatic N) is 1. The first-order valence-corrected chi connectivity index (χ1v) is 10.2. The Morgan fingerprint density at radius 3 is 2.58 bits per heavy atom. The third kappa shape index (κ3) is 5.55. The van der Waals surface area contributed by atoms with Crippen LogP contribution in [0.4, 0.5) is 0 Å². The summed E-state index contributed by atoms with van der Waals surface area (Å²) in [7, 11) is 0. The van der Waals surface area contributed by atoms with Crippen molar-refractivity contribution < 1.29 is 9.90 Å².